The van der Waals surface area contributed by atoms with Gasteiger partial charge in [0.25, 0.3) is 0 Å². The van der Waals surface area contributed by atoms with Gasteiger partial charge in [-0.3, -0.25) is 19.9 Å². The molecular weight excluding hydrogens is 500 g/mol. The van der Waals surface area contributed by atoms with Crippen LogP contribution in [0.3, 0.4) is 0 Å². The highest BCUT2D eigenvalue weighted by Crippen LogP contribution is 2.34. The van der Waals surface area contributed by atoms with Crippen LogP contribution in [0.1, 0.15) is 20.8 Å². The number of aromatic nitrogens is 6. The number of aromatic amines is 2. The maximum absolute atomic E-state index is 15.2. The molecular formula is C29H23F2N7O. The van der Waals surface area contributed by atoms with Crippen molar-refractivity contribution >= 4 is 33.5 Å². The molecule has 0 radical (unpaired) electrons. The van der Waals surface area contributed by atoms with Crippen LogP contribution in [-0.2, 0) is 4.79 Å². The summed E-state index contributed by atoms with van der Waals surface area (Å²) in [4.78, 5) is 29.1. The maximum atomic E-state index is 15.2. The molecule has 0 saturated carbocycles. The van der Waals surface area contributed by atoms with Crippen molar-refractivity contribution in [3.8, 4) is 33.9 Å². The topological polar surface area (TPSA) is 112 Å². The van der Waals surface area contributed by atoms with Crippen molar-refractivity contribution < 1.29 is 13.6 Å². The first-order valence-electron chi connectivity index (χ1n) is 12.2. The normalized spacial score (nSPS) is 11.8. The fourth-order valence-corrected chi connectivity index (χ4v) is 4.28. The highest BCUT2D eigenvalue weighted by Gasteiger charge is 2.22. The molecule has 3 N–H and O–H groups in total. The summed E-state index contributed by atoms with van der Waals surface area (Å²) in [5.74, 6) is -0.559. The van der Waals surface area contributed by atoms with Crippen molar-refractivity contribution in [1.82, 2.24) is 30.1 Å². The molecule has 39 heavy (non-hydrogen) atoms. The van der Waals surface area contributed by atoms with Gasteiger partial charge in [-0.05, 0) is 54.1 Å². The lowest BCUT2D eigenvalue weighted by Crippen LogP contribution is -2.27. The van der Waals surface area contributed by atoms with E-state index in [1.54, 1.807) is 48.9 Å². The summed E-state index contributed by atoms with van der Waals surface area (Å²) in [5.41, 5.74) is 4.39. The van der Waals surface area contributed by atoms with Crippen LogP contribution in [0, 0.1) is 17.0 Å². The largest absolute Gasteiger partial charge is 0.337 e. The second-order valence-electron chi connectivity index (χ2n) is 10.3. The third-order valence-electron chi connectivity index (χ3n) is 6.38. The molecule has 0 unspecified atom stereocenters. The first-order valence-corrected chi connectivity index (χ1v) is 12.2. The van der Waals surface area contributed by atoms with Crippen LogP contribution in [-0.4, -0.2) is 36.0 Å². The van der Waals surface area contributed by atoms with Crippen LogP contribution in [0.2, 0.25) is 0 Å². The van der Waals surface area contributed by atoms with E-state index in [1.807, 2.05) is 20.8 Å². The monoisotopic (exact) mass is 523 g/mol. The number of H-pyrrole nitrogens is 2. The molecule has 0 atom stereocenters. The Morgan fingerprint density at radius 1 is 0.923 bits per heavy atom. The number of benzene rings is 2. The van der Waals surface area contributed by atoms with E-state index in [0.29, 0.717) is 56.0 Å². The minimum atomic E-state index is -0.578. The summed E-state index contributed by atoms with van der Waals surface area (Å²) in [5, 5.41) is 10.5. The molecule has 0 saturated heterocycles. The maximum Gasteiger partial charge on any atom is 0.229 e. The zero-order valence-electron chi connectivity index (χ0n) is 21.3. The molecule has 6 aromatic rings. The first-order chi connectivity index (χ1) is 18.7. The number of carbonyl (C=O) groups excluding carboxylic acids is 1. The Morgan fingerprint density at radius 3 is 2.49 bits per heavy atom. The van der Waals surface area contributed by atoms with Crippen molar-refractivity contribution in [3.05, 3.63) is 78.8 Å². The molecule has 194 valence electrons. The molecule has 0 bridgehead atoms. The van der Waals surface area contributed by atoms with Gasteiger partial charge in [0.2, 0.25) is 5.91 Å². The summed E-state index contributed by atoms with van der Waals surface area (Å²) in [6.07, 6.45) is 4.80. The lowest BCUT2D eigenvalue weighted by atomic mass is 9.95. The molecule has 1 amide bonds. The smallest absolute Gasteiger partial charge is 0.229 e. The SMILES string of the molecule is CC(C)(C)C(=O)Nc1cncc(-c2cc(F)c3n[nH]c(-c4nc5c(-c6ccc(F)cc6)nccc5[nH]4)c3c2)c1. The number of nitrogens with one attached hydrogen (secondary N) is 3. The number of nitrogens with zero attached hydrogens (tertiary/aromatic N) is 4. The molecule has 0 aliphatic carbocycles. The zero-order chi connectivity index (χ0) is 27.3. The molecule has 0 spiro atoms. The van der Waals surface area contributed by atoms with Crippen LogP contribution < -0.4 is 5.32 Å². The Bertz CT molecular complexity index is 1870. The Hall–Kier alpha value is -4.99. The van der Waals surface area contributed by atoms with Gasteiger partial charge in [0.05, 0.1) is 23.1 Å². The number of rotatable bonds is 4. The number of hydrogen-bond donors (Lipinski definition) is 3. The number of imidazole rings is 1. The first kappa shape index (κ1) is 24.4. The van der Waals surface area contributed by atoms with Crippen molar-refractivity contribution in [2.45, 2.75) is 20.8 Å². The highest BCUT2D eigenvalue weighted by atomic mass is 19.1. The number of pyridine rings is 2. The minimum absolute atomic E-state index is 0.153. The van der Waals surface area contributed by atoms with Crippen LogP contribution >= 0.6 is 0 Å². The number of fused-ring (bicyclic) bond motifs is 2. The average Bonchev–Trinajstić information content (AvgIpc) is 3.53. The van der Waals surface area contributed by atoms with Gasteiger partial charge in [-0.15, -0.1) is 0 Å². The quantitative estimate of drug-likeness (QED) is 0.244. The predicted octanol–water partition coefficient (Wildman–Crippen LogP) is 6.49. The summed E-state index contributed by atoms with van der Waals surface area (Å²) >= 11 is 0. The molecule has 0 aliphatic heterocycles. The second kappa shape index (κ2) is 9.09. The van der Waals surface area contributed by atoms with Crippen LogP contribution in [0.15, 0.2) is 67.1 Å². The van der Waals surface area contributed by atoms with Gasteiger partial charge in [0.1, 0.15) is 22.5 Å². The summed E-state index contributed by atoms with van der Waals surface area (Å²) in [7, 11) is 0. The van der Waals surface area contributed by atoms with E-state index in [-0.39, 0.29) is 17.2 Å². The molecule has 4 aromatic heterocycles. The average molecular weight is 524 g/mol. The molecule has 0 fully saturated rings. The van der Waals surface area contributed by atoms with Gasteiger partial charge in [0.15, 0.2) is 11.6 Å². The van der Waals surface area contributed by atoms with E-state index in [0.717, 1.165) is 0 Å². The van der Waals surface area contributed by atoms with E-state index >= 15 is 4.39 Å². The molecule has 10 heteroatoms. The summed E-state index contributed by atoms with van der Waals surface area (Å²) in [6, 6.07) is 12.7. The lowest BCUT2D eigenvalue weighted by Gasteiger charge is -2.17. The number of amides is 1. The van der Waals surface area contributed by atoms with E-state index < -0.39 is 11.2 Å². The van der Waals surface area contributed by atoms with E-state index in [4.69, 9.17) is 4.98 Å². The Labute approximate surface area is 221 Å². The van der Waals surface area contributed by atoms with Crippen LogP contribution in [0.4, 0.5) is 14.5 Å². The van der Waals surface area contributed by atoms with Gasteiger partial charge < -0.3 is 10.3 Å². The Balaban J connectivity index is 1.43. The predicted molar refractivity (Wildman–Crippen MR) is 146 cm³/mol. The lowest BCUT2D eigenvalue weighted by molar-refractivity contribution is -0.123. The minimum Gasteiger partial charge on any atom is -0.337 e. The molecule has 6 rings (SSSR count). The molecule has 2 aromatic carbocycles. The van der Waals surface area contributed by atoms with Gasteiger partial charge in [0, 0.05) is 34.3 Å². The Kier molecular flexibility index (Phi) is 5.67. The van der Waals surface area contributed by atoms with E-state index in [1.165, 1.54) is 18.2 Å². The van der Waals surface area contributed by atoms with Gasteiger partial charge in [-0.1, -0.05) is 20.8 Å². The van der Waals surface area contributed by atoms with Gasteiger partial charge >= 0.3 is 0 Å². The van der Waals surface area contributed by atoms with Gasteiger partial charge in [-0.25, -0.2) is 13.8 Å². The van der Waals surface area contributed by atoms with E-state index in [9.17, 15) is 9.18 Å². The number of anilines is 1. The van der Waals surface area contributed by atoms with Crippen molar-refractivity contribution in [2.24, 2.45) is 5.41 Å². The number of carbonyl (C=O) groups is 1. The third-order valence-corrected chi connectivity index (χ3v) is 6.38. The molecule has 8 nitrogen and oxygen atoms in total. The van der Waals surface area contributed by atoms with Crippen LogP contribution in [0.25, 0.3) is 55.8 Å². The Morgan fingerprint density at radius 2 is 1.72 bits per heavy atom. The van der Waals surface area contributed by atoms with Crippen molar-refractivity contribution in [3.63, 3.8) is 0 Å². The zero-order valence-corrected chi connectivity index (χ0v) is 21.3. The number of halogens is 2. The third kappa shape index (κ3) is 4.50. The second-order valence-corrected chi connectivity index (χ2v) is 10.3. The summed E-state index contributed by atoms with van der Waals surface area (Å²) < 4.78 is 28.7. The molecule has 4 heterocycles. The van der Waals surface area contributed by atoms with E-state index in [2.05, 4.69) is 30.5 Å². The fraction of sp³-hybridized carbons (Fsp3) is 0.138. The van der Waals surface area contributed by atoms with Crippen molar-refractivity contribution in [1.29, 1.82) is 0 Å². The van der Waals surface area contributed by atoms with Crippen molar-refractivity contribution in [2.75, 3.05) is 5.32 Å². The molecule has 0 aliphatic rings. The number of hydrogen-bond acceptors (Lipinski definition) is 5. The standard InChI is InChI=1S/C29H23F2N7O/c1-29(2,3)28(39)34-19-10-17(13-32-14-19)16-11-20-24(21(31)12-16)37-38-25(20)27-35-22-8-9-33-23(26(22)36-27)15-4-6-18(30)7-5-15/h4-14H,1-3H3,(H,34,39)(H,35,36)(H,37,38). The highest BCUT2D eigenvalue weighted by molar-refractivity contribution is 5.98. The fourth-order valence-electron chi connectivity index (χ4n) is 4.28. The van der Waals surface area contributed by atoms with Gasteiger partial charge in [-0.2, -0.15) is 5.10 Å². The van der Waals surface area contributed by atoms with Crippen LogP contribution in [0.5, 0.6) is 0 Å². The summed E-state index contributed by atoms with van der Waals surface area (Å²) in [6.45, 7) is 5.46.